The van der Waals surface area contributed by atoms with Crippen LogP contribution in [-0.2, 0) is 14.3 Å². The minimum Gasteiger partial charge on any atom is -0.478 e. The van der Waals surface area contributed by atoms with Gasteiger partial charge in [-0.05, 0) is 96.1 Å². The maximum Gasteiger partial charge on any atom is 0.344 e. The monoisotopic (exact) mass is 968 g/mol. The van der Waals surface area contributed by atoms with Crippen LogP contribution in [0.4, 0.5) is 11.4 Å². The van der Waals surface area contributed by atoms with E-state index in [4.69, 9.17) is 39.4 Å². The molecule has 0 radical (unpaired) electrons. The van der Waals surface area contributed by atoms with Crippen molar-refractivity contribution < 1.29 is 48.1 Å². The minimum absolute atomic E-state index is 0.00402. The molecular weight excluding hydrogens is 931 g/mol. The molecule has 0 bridgehead atoms. The highest BCUT2D eigenvalue weighted by atomic mass is 35.5. The van der Waals surface area contributed by atoms with Crippen LogP contribution in [0.2, 0.25) is 10.0 Å². The summed E-state index contributed by atoms with van der Waals surface area (Å²) in [6, 6.07) is 29.0. The van der Waals surface area contributed by atoms with E-state index >= 15 is 0 Å². The van der Waals surface area contributed by atoms with E-state index in [0.29, 0.717) is 44.7 Å². The zero-order chi connectivity index (χ0) is 49.7. The van der Waals surface area contributed by atoms with E-state index in [-0.39, 0.29) is 33.0 Å². The molecule has 348 valence electrons. The molecule has 8 rings (SSSR count). The molecule has 4 amide bonds. The van der Waals surface area contributed by atoms with Crippen LogP contribution in [-0.4, -0.2) is 93.7 Å². The Kier molecular flexibility index (Phi) is 14.2. The molecule has 4 aromatic carbocycles. The summed E-state index contributed by atoms with van der Waals surface area (Å²) in [5.74, 6) is -4.44. The molecule has 0 atom stereocenters. The largest absolute Gasteiger partial charge is 0.478 e. The molecule has 69 heavy (non-hydrogen) atoms. The lowest BCUT2D eigenvalue weighted by molar-refractivity contribution is -0.144. The Morgan fingerprint density at radius 2 is 1.01 bits per heavy atom. The first-order valence-corrected chi connectivity index (χ1v) is 21.1. The number of carboxylic acids is 1. The van der Waals surface area contributed by atoms with E-state index < -0.39 is 36.3 Å². The number of primary amides is 2. The number of fused-ring (bicyclic) bond motifs is 2. The first-order valence-electron chi connectivity index (χ1n) is 20.3. The third-order valence-electron chi connectivity index (χ3n) is 10.8. The summed E-state index contributed by atoms with van der Waals surface area (Å²) in [4.78, 5) is 86.9. The zero-order valence-electron chi connectivity index (χ0n) is 36.6. The number of aromatic carboxylic acids is 1. The molecule has 5 N–H and O–H groups in total. The molecule has 0 saturated carbocycles. The van der Waals surface area contributed by atoms with Crippen molar-refractivity contribution in [3.8, 4) is 22.3 Å². The molecule has 0 saturated heterocycles. The van der Waals surface area contributed by atoms with Crippen molar-refractivity contribution in [1.29, 1.82) is 0 Å². The normalized spacial score (nSPS) is 10.7. The highest BCUT2D eigenvalue weighted by Gasteiger charge is 2.22. The van der Waals surface area contributed by atoms with E-state index in [9.17, 15) is 38.7 Å². The van der Waals surface area contributed by atoms with Gasteiger partial charge in [0.25, 0.3) is 11.8 Å². The molecule has 0 aliphatic heterocycles. The van der Waals surface area contributed by atoms with Crippen molar-refractivity contribution in [2.45, 2.75) is 0 Å². The van der Waals surface area contributed by atoms with Gasteiger partial charge in [-0.15, -0.1) is 0 Å². The fourth-order valence-electron chi connectivity index (χ4n) is 6.95. The lowest BCUT2D eigenvalue weighted by Crippen LogP contribution is -2.26. The third-order valence-corrected chi connectivity index (χ3v) is 11.4. The van der Waals surface area contributed by atoms with Gasteiger partial charge in [-0.3, -0.25) is 19.2 Å². The van der Waals surface area contributed by atoms with E-state index in [1.807, 2.05) is 0 Å². The second-order valence-corrected chi connectivity index (χ2v) is 15.8. The quantitative estimate of drug-likeness (QED) is 0.104. The lowest BCUT2D eigenvalue weighted by atomic mass is 10.0. The van der Waals surface area contributed by atoms with E-state index in [2.05, 4.69) is 14.9 Å². The number of halogens is 2. The second-order valence-electron chi connectivity index (χ2n) is 15.0. The van der Waals surface area contributed by atoms with E-state index in [0.717, 1.165) is 22.3 Å². The Hall–Kier alpha value is -8.87. The van der Waals surface area contributed by atoms with Gasteiger partial charge in [-0.1, -0.05) is 47.5 Å². The number of esters is 2. The zero-order valence-corrected chi connectivity index (χ0v) is 38.1. The number of nitrogens with zero attached hydrogens (tertiary/aromatic N) is 6. The number of anilines is 2. The third kappa shape index (κ3) is 10.4. The Balaban J connectivity index is 0.000000206. The Labute approximate surface area is 401 Å². The Morgan fingerprint density at radius 3 is 1.42 bits per heavy atom. The average molecular weight is 970 g/mol. The van der Waals surface area contributed by atoms with Crippen molar-refractivity contribution in [2.75, 3.05) is 37.6 Å². The fourth-order valence-corrected chi connectivity index (χ4v) is 7.34. The molecular formula is C49H38Cl2N8O10. The number of hydrogen-bond donors (Lipinski definition) is 3. The standard InChI is InChI=1S/C26H21ClN4O6.C23H17ClN4O4/c1-30(18-7-8-21(27)19(12-18)26(35)37-14-23(32)36-2)25(34)17-9-10-31-22(11-17)20(13-29-31)15-3-5-16(6-4-15)24(28)33;1-27(16-6-7-19(24)17(11-16)23(31)32)22(30)15-8-9-28-20(10-15)18(12-26-28)13-2-4-14(5-3-13)21(25)29/h3-13H,14H2,1-2H3,(H2,28,33);2-12H,1H3,(H2,25,29)(H,31,32). The van der Waals surface area contributed by atoms with Crippen LogP contribution in [0.1, 0.15) is 62.1 Å². The van der Waals surface area contributed by atoms with Gasteiger partial charge in [0.05, 0.1) is 51.7 Å². The predicted molar refractivity (Wildman–Crippen MR) is 256 cm³/mol. The number of benzene rings is 4. The molecule has 0 spiro atoms. The minimum atomic E-state index is -1.18. The first-order chi connectivity index (χ1) is 32.9. The molecule has 18 nitrogen and oxygen atoms in total. The summed E-state index contributed by atoms with van der Waals surface area (Å²) in [7, 11) is 4.29. The van der Waals surface area contributed by atoms with Crippen LogP contribution >= 0.6 is 23.2 Å². The summed E-state index contributed by atoms with van der Waals surface area (Å²) >= 11 is 12.1. The summed E-state index contributed by atoms with van der Waals surface area (Å²) in [6.07, 6.45) is 6.67. The van der Waals surface area contributed by atoms with Gasteiger partial charge in [0.1, 0.15) is 0 Å². The van der Waals surface area contributed by atoms with Gasteiger partial charge in [-0.25, -0.2) is 23.4 Å². The van der Waals surface area contributed by atoms with Gasteiger partial charge in [0, 0.05) is 71.2 Å². The summed E-state index contributed by atoms with van der Waals surface area (Å²) in [6.45, 7) is -0.566. The lowest BCUT2D eigenvalue weighted by Gasteiger charge is -2.19. The van der Waals surface area contributed by atoms with Gasteiger partial charge in [0.2, 0.25) is 11.8 Å². The van der Waals surface area contributed by atoms with Gasteiger partial charge in [-0.2, -0.15) is 10.2 Å². The van der Waals surface area contributed by atoms with Gasteiger partial charge in [0.15, 0.2) is 6.61 Å². The number of aromatic nitrogens is 4. The second kappa shape index (κ2) is 20.3. The van der Waals surface area contributed by atoms with Gasteiger partial charge < -0.3 is 35.8 Å². The number of pyridine rings is 2. The summed E-state index contributed by atoms with van der Waals surface area (Å²) < 4.78 is 12.6. The van der Waals surface area contributed by atoms with Crippen molar-refractivity contribution in [3.05, 3.63) is 177 Å². The maximum absolute atomic E-state index is 13.3. The number of rotatable bonds is 12. The highest BCUT2D eigenvalue weighted by molar-refractivity contribution is 6.34. The van der Waals surface area contributed by atoms with Crippen molar-refractivity contribution >= 4 is 87.1 Å². The Bertz CT molecular complexity index is 3350. The summed E-state index contributed by atoms with van der Waals surface area (Å²) in [5.41, 5.74) is 17.4. The smallest absolute Gasteiger partial charge is 0.344 e. The maximum atomic E-state index is 13.3. The van der Waals surface area contributed by atoms with Crippen LogP contribution in [0.25, 0.3) is 33.3 Å². The number of nitrogens with two attached hydrogens (primary N) is 2. The number of carbonyl (C=O) groups is 7. The molecule has 4 aromatic heterocycles. The van der Waals surface area contributed by atoms with Crippen molar-refractivity contribution in [1.82, 2.24) is 19.2 Å². The average Bonchev–Trinajstić information content (AvgIpc) is 3.99. The fraction of sp³-hybridized carbons (Fsp3) is 0.0816. The topological polar surface area (TPSA) is 251 Å². The molecule has 0 aliphatic rings. The van der Waals surface area contributed by atoms with Gasteiger partial charge >= 0.3 is 17.9 Å². The number of ether oxygens (including phenoxy) is 2. The molecule has 20 heteroatoms. The number of methoxy groups -OCH3 is 1. The summed E-state index contributed by atoms with van der Waals surface area (Å²) in [5, 5.41) is 18.1. The highest BCUT2D eigenvalue weighted by Crippen LogP contribution is 2.30. The number of carbonyl (C=O) groups excluding carboxylic acids is 6. The molecule has 0 aliphatic carbocycles. The van der Waals surface area contributed by atoms with Crippen LogP contribution in [0.5, 0.6) is 0 Å². The van der Waals surface area contributed by atoms with Crippen molar-refractivity contribution in [2.24, 2.45) is 11.5 Å². The van der Waals surface area contributed by atoms with Crippen molar-refractivity contribution in [3.63, 3.8) is 0 Å². The number of carboxylic acid groups (broad SMARTS) is 1. The molecule has 4 heterocycles. The molecule has 0 unspecified atom stereocenters. The molecule has 8 aromatic rings. The predicted octanol–water partition coefficient (Wildman–Crippen LogP) is 7.09. The van der Waals surface area contributed by atoms with Crippen LogP contribution in [0, 0.1) is 0 Å². The SMILES string of the molecule is CN(C(=O)c1ccn2ncc(-c3ccc(C(N)=O)cc3)c2c1)c1ccc(Cl)c(C(=O)O)c1.COC(=O)COC(=O)c1cc(N(C)C(=O)c2ccn3ncc(-c4ccc(C(N)=O)cc4)c3c2)ccc1Cl. The van der Waals surface area contributed by atoms with E-state index in [1.165, 1.54) is 41.2 Å². The van der Waals surface area contributed by atoms with E-state index in [1.54, 1.807) is 133 Å². The van der Waals surface area contributed by atoms with Crippen LogP contribution in [0.15, 0.2) is 134 Å². The van der Waals surface area contributed by atoms with Crippen LogP contribution < -0.4 is 21.3 Å². The Morgan fingerprint density at radius 1 is 0.594 bits per heavy atom. The number of amides is 4. The number of hydrogen-bond acceptors (Lipinski definition) is 11. The molecule has 0 fully saturated rings. The van der Waals surface area contributed by atoms with Crippen LogP contribution in [0.3, 0.4) is 0 Å². The first kappa shape index (κ1) is 48.1.